The molecule has 7 nitrogen and oxygen atoms in total. The molecule has 2 unspecified atom stereocenters. The second-order valence-electron chi connectivity index (χ2n) is 6.56. The number of fused-ring (bicyclic) bond motifs is 1. The summed E-state index contributed by atoms with van der Waals surface area (Å²) in [4.78, 5) is 35.0. The Kier molecular flexibility index (Phi) is 6.98. The molecule has 0 bridgehead atoms. The minimum absolute atomic E-state index is 0.196. The molecule has 1 aromatic heterocycles. The van der Waals surface area contributed by atoms with E-state index in [2.05, 4.69) is 5.32 Å². The molecule has 0 aliphatic carbocycles. The molecule has 0 spiro atoms. The van der Waals surface area contributed by atoms with E-state index >= 15 is 0 Å². The molecular weight excluding hydrogens is 350 g/mol. The number of carbonyl (C=O) groups excluding carboxylic acids is 1. The van der Waals surface area contributed by atoms with E-state index in [0.29, 0.717) is 17.8 Å². The van der Waals surface area contributed by atoms with Gasteiger partial charge in [0, 0.05) is 17.5 Å². The van der Waals surface area contributed by atoms with Gasteiger partial charge in [-0.25, -0.2) is 9.59 Å². The summed E-state index contributed by atoms with van der Waals surface area (Å²) < 4.78 is 10.7. The van der Waals surface area contributed by atoms with E-state index in [4.69, 9.17) is 9.15 Å². The predicted octanol–water partition coefficient (Wildman–Crippen LogP) is 2.74. The van der Waals surface area contributed by atoms with Crippen LogP contribution in [0.3, 0.4) is 0 Å². The van der Waals surface area contributed by atoms with Crippen LogP contribution in [0.5, 0.6) is 5.75 Å². The third kappa shape index (κ3) is 5.32. The Bertz CT molecular complexity index is 872. The fourth-order valence-electron chi connectivity index (χ4n) is 2.82. The molecule has 0 saturated heterocycles. The van der Waals surface area contributed by atoms with Crippen molar-refractivity contribution < 1.29 is 23.8 Å². The highest BCUT2D eigenvalue weighted by molar-refractivity contribution is 5.85. The van der Waals surface area contributed by atoms with E-state index < -0.39 is 23.5 Å². The smallest absolute Gasteiger partial charge is 0.336 e. The van der Waals surface area contributed by atoms with E-state index in [-0.39, 0.29) is 12.5 Å². The number of carboxylic acid groups (broad SMARTS) is 1. The number of nitrogens with one attached hydrogen (secondary N) is 1. The minimum Gasteiger partial charge on any atom is -0.484 e. The average Bonchev–Trinajstić information content (AvgIpc) is 2.63. The van der Waals surface area contributed by atoms with Gasteiger partial charge in [-0.3, -0.25) is 4.79 Å². The van der Waals surface area contributed by atoms with Gasteiger partial charge in [-0.1, -0.05) is 33.6 Å². The molecule has 0 radical (unpaired) electrons. The van der Waals surface area contributed by atoms with Gasteiger partial charge >= 0.3 is 11.6 Å². The highest BCUT2D eigenvalue weighted by Gasteiger charge is 2.25. The van der Waals surface area contributed by atoms with Crippen molar-refractivity contribution in [2.24, 2.45) is 5.92 Å². The van der Waals surface area contributed by atoms with Crippen molar-refractivity contribution in [3.63, 3.8) is 0 Å². The molecule has 0 aliphatic heterocycles. The number of hydrogen-bond donors (Lipinski definition) is 2. The lowest BCUT2D eigenvalue weighted by atomic mass is 9.99. The van der Waals surface area contributed by atoms with Gasteiger partial charge in [0.05, 0.1) is 0 Å². The van der Waals surface area contributed by atoms with Crippen LogP contribution in [0.1, 0.15) is 39.2 Å². The van der Waals surface area contributed by atoms with Crippen molar-refractivity contribution in [2.45, 2.75) is 46.1 Å². The van der Waals surface area contributed by atoms with Crippen LogP contribution in [0.4, 0.5) is 0 Å². The van der Waals surface area contributed by atoms with Crippen LogP contribution in [0.15, 0.2) is 33.5 Å². The van der Waals surface area contributed by atoms with Gasteiger partial charge in [0.2, 0.25) is 0 Å². The lowest BCUT2D eigenvalue weighted by molar-refractivity contribution is -0.143. The van der Waals surface area contributed by atoms with Gasteiger partial charge in [0.1, 0.15) is 17.4 Å². The molecule has 0 fully saturated rings. The average molecular weight is 375 g/mol. The van der Waals surface area contributed by atoms with Crippen LogP contribution < -0.4 is 15.7 Å². The topological polar surface area (TPSA) is 106 Å². The maximum Gasteiger partial charge on any atom is 0.336 e. The molecule has 27 heavy (non-hydrogen) atoms. The maximum absolute atomic E-state index is 12.0. The fraction of sp³-hybridized carbons (Fsp3) is 0.450. The van der Waals surface area contributed by atoms with Gasteiger partial charge in [-0.05, 0) is 30.0 Å². The van der Waals surface area contributed by atoms with Crippen molar-refractivity contribution in [1.29, 1.82) is 0 Å². The monoisotopic (exact) mass is 375 g/mol. The minimum atomic E-state index is -1.08. The Balaban J connectivity index is 2.09. The summed E-state index contributed by atoms with van der Waals surface area (Å²) in [5, 5.41) is 12.5. The molecule has 2 atom stereocenters. The first-order valence-corrected chi connectivity index (χ1v) is 9.07. The lowest BCUT2D eigenvalue weighted by Gasteiger charge is -2.20. The standard InChI is InChI=1S/C20H25NO6/c1-4-6-13-9-18(23)27-16-10-14(7-8-15(13)16)26-11-17(22)21-19(20(24)25)12(3)5-2/h7-10,12,19H,4-6,11H2,1-3H3,(H,21,22)(H,24,25). The van der Waals surface area contributed by atoms with E-state index in [1.807, 2.05) is 13.8 Å². The highest BCUT2D eigenvalue weighted by Crippen LogP contribution is 2.23. The zero-order chi connectivity index (χ0) is 20.0. The normalized spacial score (nSPS) is 13.1. The van der Waals surface area contributed by atoms with Crippen molar-refractivity contribution in [1.82, 2.24) is 5.32 Å². The molecule has 0 aliphatic rings. The second-order valence-corrected chi connectivity index (χ2v) is 6.56. The second kappa shape index (κ2) is 9.21. The Hall–Kier alpha value is -2.83. The van der Waals surface area contributed by atoms with Gasteiger partial charge in [0.25, 0.3) is 5.91 Å². The molecule has 2 rings (SSSR count). The largest absolute Gasteiger partial charge is 0.484 e. The van der Waals surface area contributed by atoms with E-state index in [0.717, 1.165) is 23.8 Å². The summed E-state index contributed by atoms with van der Waals surface area (Å²) in [6, 6.07) is 5.57. The van der Waals surface area contributed by atoms with Crippen molar-refractivity contribution in [2.75, 3.05) is 6.61 Å². The quantitative estimate of drug-likeness (QED) is 0.653. The first-order valence-electron chi connectivity index (χ1n) is 9.07. The number of amides is 1. The first kappa shape index (κ1) is 20.5. The summed E-state index contributed by atoms with van der Waals surface area (Å²) in [5.41, 5.74) is 0.872. The number of aryl methyl sites for hydroxylation is 1. The molecule has 2 aromatic rings. The van der Waals surface area contributed by atoms with Crippen LogP contribution in [-0.2, 0) is 16.0 Å². The van der Waals surface area contributed by atoms with Crippen molar-refractivity contribution in [3.8, 4) is 5.75 Å². The SMILES string of the molecule is CCCc1cc(=O)oc2cc(OCC(=O)NC(C(=O)O)C(C)CC)ccc12. The Morgan fingerprint density at radius 1 is 1.26 bits per heavy atom. The zero-order valence-corrected chi connectivity index (χ0v) is 15.8. The fourth-order valence-corrected chi connectivity index (χ4v) is 2.82. The molecule has 1 heterocycles. The zero-order valence-electron chi connectivity index (χ0n) is 15.8. The Morgan fingerprint density at radius 2 is 2.00 bits per heavy atom. The molecule has 7 heteroatoms. The Labute approximate surface area is 157 Å². The summed E-state index contributed by atoms with van der Waals surface area (Å²) in [7, 11) is 0. The predicted molar refractivity (Wildman–Crippen MR) is 101 cm³/mol. The summed E-state index contributed by atoms with van der Waals surface area (Å²) in [6.45, 7) is 5.32. The summed E-state index contributed by atoms with van der Waals surface area (Å²) >= 11 is 0. The van der Waals surface area contributed by atoms with E-state index in [1.54, 1.807) is 25.1 Å². The van der Waals surface area contributed by atoms with Crippen LogP contribution in [0.25, 0.3) is 11.0 Å². The van der Waals surface area contributed by atoms with Crippen LogP contribution in [-0.4, -0.2) is 29.6 Å². The molecule has 1 aromatic carbocycles. The highest BCUT2D eigenvalue weighted by atomic mass is 16.5. The van der Waals surface area contributed by atoms with Crippen molar-refractivity contribution in [3.05, 3.63) is 40.2 Å². The molecular formula is C20H25NO6. The number of carbonyl (C=O) groups is 2. The third-order valence-electron chi connectivity index (χ3n) is 4.49. The van der Waals surface area contributed by atoms with E-state index in [1.165, 1.54) is 6.07 Å². The summed E-state index contributed by atoms with van der Waals surface area (Å²) in [5.74, 6) is -1.43. The Morgan fingerprint density at radius 3 is 2.63 bits per heavy atom. The third-order valence-corrected chi connectivity index (χ3v) is 4.49. The van der Waals surface area contributed by atoms with Gasteiger partial charge in [0.15, 0.2) is 6.61 Å². The van der Waals surface area contributed by atoms with Crippen molar-refractivity contribution >= 4 is 22.8 Å². The number of ether oxygens (including phenoxy) is 1. The van der Waals surface area contributed by atoms with Gasteiger partial charge < -0.3 is 19.6 Å². The van der Waals surface area contributed by atoms with Gasteiger partial charge in [-0.2, -0.15) is 0 Å². The van der Waals surface area contributed by atoms with Gasteiger partial charge in [-0.15, -0.1) is 0 Å². The van der Waals surface area contributed by atoms with E-state index in [9.17, 15) is 19.5 Å². The molecule has 146 valence electrons. The van der Waals surface area contributed by atoms with Crippen LogP contribution in [0, 0.1) is 5.92 Å². The number of benzene rings is 1. The number of carboxylic acids is 1. The van der Waals surface area contributed by atoms with Crippen LogP contribution >= 0.6 is 0 Å². The molecule has 0 saturated carbocycles. The first-order chi connectivity index (χ1) is 12.8. The number of aliphatic carboxylic acids is 1. The summed E-state index contributed by atoms with van der Waals surface area (Å²) in [6.07, 6.45) is 2.29. The molecule has 2 N–H and O–H groups in total. The number of hydrogen-bond acceptors (Lipinski definition) is 5. The maximum atomic E-state index is 12.0. The van der Waals surface area contributed by atoms with Crippen LogP contribution in [0.2, 0.25) is 0 Å². The molecule has 1 amide bonds. The number of rotatable bonds is 9. The lowest BCUT2D eigenvalue weighted by Crippen LogP contribution is -2.46.